The highest BCUT2D eigenvalue weighted by atomic mass is 15.4. The van der Waals surface area contributed by atoms with Crippen LogP contribution in [0.5, 0.6) is 0 Å². The van der Waals surface area contributed by atoms with Gasteiger partial charge in [0.2, 0.25) is 0 Å². The average molecular weight is 392 g/mol. The quantitative estimate of drug-likeness (QED) is 0.428. The Hall–Kier alpha value is -3.93. The first kappa shape index (κ1) is 17.0. The number of para-hydroxylation sites is 1. The third-order valence-corrected chi connectivity index (χ3v) is 5.91. The largest absolute Gasteiger partial charge is 0.341 e. The second kappa shape index (κ2) is 6.29. The van der Waals surface area contributed by atoms with E-state index in [0.717, 1.165) is 34.4 Å². The van der Waals surface area contributed by atoms with Gasteiger partial charge in [0.05, 0.1) is 29.3 Å². The molecule has 6 heteroatoms. The second-order valence-electron chi connectivity index (χ2n) is 7.54. The fraction of sp³-hybridized carbons (Fsp3) is 0.125. The van der Waals surface area contributed by atoms with Crippen molar-refractivity contribution >= 4 is 32.7 Å². The number of fused-ring (bicyclic) bond motifs is 4. The molecule has 0 radical (unpaired) electrons. The standard InChI is InChI=1S/C24H20N6/c1-3-29-22-7-5-4-6-19(22)20-13-18(9-11-23(20)29)30-24(15-25-27-30)16-8-10-21-17(12-16)14-26-28(21)2/h4-15H,3H2,1-2H3. The molecule has 0 aliphatic heterocycles. The molecule has 30 heavy (non-hydrogen) atoms. The summed E-state index contributed by atoms with van der Waals surface area (Å²) < 4.78 is 6.15. The molecule has 3 heterocycles. The molecule has 6 rings (SSSR count). The lowest BCUT2D eigenvalue weighted by molar-refractivity contribution is 0.797. The topological polar surface area (TPSA) is 53.5 Å². The number of aryl methyl sites for hydroxylation is 2. The van der Waals surface area contributed by atoms with Crippen LogP contribution >= 0.6 is 0 Å². The van der Waals surface area contributed by atoms with Crippen molar-refractivity contribution in [1.29, 1.82) is 0 Å². The third kappa shape index (κ3) is 2.33. The van der Waals surface area contributed by atoms with Gasteiger partial charge < -0.3 is 4.57 Å². The van der Waals surface area contributed by atoms with Gasteiger partial charge in [-0.3, -0.25) is 4.68 Å². The fourth-order valence-corrected chi connectivity index (χ4v) is 4.46. The third-order valence-electron chi connectivity index (χ3n) is 5.91. The zero-order chi connectivity index (χ0) is 20.2. The van der Waals surface area contributed by atoms with Crippen molar-refractivity contribution in [2.24, 2.45) is 7.05 Å². The van der Waals surface area contributed by atoms with Gasteiger partial charge in [-0.2, -0.15) is 5.10 Å². The second-order valence-corrected chi connectivity index (χ2v) is 7.54. The van der Waals surface area contributed by atoms with E-state index >= 15 is 0 Å². The van der Waals surface area contributed by atoms with Crippen LogP contribution in [0.15, 0.2) is 73.1 Å². The molecule has 3 aromatic carbocycles. The van der Waals surface area contributed by atoms with Gasteiger partial charge in [-0.05, 0) is 43.3 Å². The minimum atomic E-state index is 0.934. The number of nitrogens with zero attached hydrogens (tertiary/aromatic N) is 6. The normalized spacial score (nSPS) is 11.8. The lowest BCUT2D eigenvalue weighted by Gasteiger charge is -2.08. The van der Waals surface area contributed by atoms with Crippen molar-refractivity contribution < 1.29 is 0 Å². The highest BCUT2D eigenvalue weighted by Crippen LogP contribution is 2.32. The van der Waals surface area contributed by atoms with Gasteiger partial charge in [-0.25, -0.2) is 4.68 Å². The number of hydrogen-bond donors (Lipinski definition) is 0. The zero-order valence-electron chi connectivity index (χ0n) is 16.8. The maximum Gasteiger partial charge on any atom is 0.0944 e. The molecule has 0 aliphatic carbocycles. The monoisotopic (exact) mass is 392 g/mol. The molecule has 6 nitrogen and oxygen atoms in total. The Balaban J connectivity index is 1.55. The van der Waals surface area contributed by atoms with Crippen LogP contribution in [0.4, 0.5) is 0 Å². The van der Waals surface area contributed by atoms with E-state index in [-0.39, 0.29) is 0 Å². The summed E-state index contributed by atoms with van der Waals surface area (Å²) in [5, 5.41) is 16.6. The maximum atomic E-state index is 4.40. The highest BCUT2D eigenvalue weighted by molar-refractivity contribution is 6.08. The lowest BCUT2D eigenvalue weighted by atomic mass is 10.1. The van der Waals surface area contributed by atoms with Crippen LogP contribution in [-0.2, 0) is 13.6 Å². The molecule has 0 unspecified atom stereocenters. The summed E-state index contributed by atoms with van der Waals surface area (Å²) in [5.41, 5.74) is 6.62. The van der Waals surface area contributed by atoms with Crippen molar-refractivity contribution in [3.8, 4) is 16.9 Å². The van der Waals surface area contributed by atoms with Crippen molar-refractivity contribution in [2.75, 3.05) is 0 Å². The van der Waals surface area contributed by atoms with E-state index in [9.17, 15) is 0 Å². The van der Waals surface area contributed by atoms with Gasteiger partial charge in [-0.1, -0.05) is 29.5 Å². The summed E-state index contributed by atoms with van der Waals surface area (Å²) in [7, 11) is 1.95. The predicted octanol–water partition coefficient (Wildman–Crippen LogP) is 4.95. The summed E-state index contributed by atoms with van der Waals surface area (Å²) >= 11 is 0. The summed E-state index contributed by atoms with van der Waals surface area (Å²) in [6.07, 6.45) is 3.70. The number of rotatable bonds is 3. The van der Waals surface area contributed by atoms with Crippen LogP contribution in [0.1, 0.15) is 6.92 Å². The van der Waals surface area contributed by atoms with Crippen LogP contribution in [0.3, 0.4) is 0 Å². The summed E-state index contributed by atoms with van der Waals surface area (Å²) in [5.74, 6) is 0. The molecule has 0 fully saturated rings. The minimum Gasteiger partial charge on any atom is -0.341 e. The molecule has 6 aromatic rings. The Morgan fingerprint density at radius 3 is 2.57 bits per heavy atom. The molecule has 3 aromatic heterocycles. The number of benzene rings is 3. The van der Waals surface area contributed by atoms with Gasteiger partial charge >= 0.3 is 0 Å². The molecule has 0 saturated carbocycles. The molecule has 0 bridgehead atoms. The fourth-order valence-electron chi connectivity index (χ4n) is 4.46. The van der Waals surface area contributed by atoms with Gasteiger partial charge in [0.15, 0.2) is 0 Å². The van der Waals surface area contributed by atoms with E-state index < -0.39 is 0 Å². The summed E-state index contributed by atoms with van der Waals surface area (Å²) in [6.45, 7) is 3.12. The molecular weight excluding hydrogens is 372 g/mol. The van der Waals surface area contributed by atoms with E-state index in [1.54, 1.807) is 0 Å². The van der Waals surface area contributed by atoms with Crippen LogP contribution in [0.2, 0.25) is 0 Å². The molecule has 0 atom stereocenters. The Labute approximate surface area is 173 Å². The van der Waals surface area contributed by atoms with E-state index in [1.165, 1.54) is 21.8 Å². The Morgan fingerprint density at radius 2 is 1.67 bits per heavy atom. The van der Waals surface area contributed by atoms with E-state index in [2.05, 4.69) is 87.6 Å². The molecule has 146 valence electrons. The van der Waals surface area contributed by atoms with Crippen molar-refractivity contribution in [3.05, 3.63) is 73.1 Å². The Bertz CT molecular complexity index is 1550. The van der Waals surface area contributed by atoms with Crippen LogP contribution in [0.25, 0.3) is 49.7 Å². The molecule has 0 saturated heterocycles. The molecular formula is C24H20N6. The first-order valence-corrected chi connectivity index (χ1v) is 10.1. The number of aromatic nitrogens is 6. The summed E-state index contributed by atoms with van der Waals surface area (Å²) in [6, 6.07) is 21.4. The summed E-state index contributed by atoms with van der Waals surface area (Å²) in [4.78, 5) is 0. The Kier molecular flexibility index (Phi) is 3.56. The van der Waals surface area contributed by atoms with Gasteiger partial charge in [0.1, 0.15) is 0 Å². The SMILES string of the molecule is CCn1c2ccccc2c2cc(-n3nncc3-c3ccc4c(cnn4C)c3)ccc21. The van der Waals surface area contributed by atoms with Gasteiger partial charge in [0.25, 0.3) is 0 Å². The van der Waals surface area contributed by atoms with E-state index in [4.69, 9.17) is 0 Å². The van der Waals surface area contributed by atoms with Gasteiger partial charge in [0, 0.05) is 46.3 Å². The molecule has 0 spiro atoms. The van der Waals surface area contributed by atoms with Crippen molar-refractivity contribution in [2.45, 2.75) is 13.5 Å². The Morgan fingerprint density at radius 1 is 0.833 bits per heavy atom. The highest BCUT2D eigenvalue weighted by Gasteiger charge is 2.14. The van der Waals surface area contributed by atoms with E-state index in [0.29, 0.717) is 0 Å². The van der Waals surface area contributed by atoms with Crippen LogP contribution in [0, 0.1) is 0 Å². The minimum absolute atomic E-state index is 0.934. The van der Waals surface area contributed by atoms with Gasteiger partial charge in [-0.15, -0.1) is 5.10 Å². The molecule has 0 aliphatic rings. The lowest BCUT2D eigenvalue weighted by Crippen LogP contribution is -2.00. The number of hydrogen-bond acceptors (Lipinski definition) is 3. The van der Waals surface area contributed by atoms with Crippen molar-refractivity contribution in [3.63, 3.8) is 0 Å². The smallest absolute Gasteiger partial charge is 0.0944 e. The first-order chi connectivity index (χ1) is 14.7. The van der Waals surface area contributed by atoms with Crippen LogP contribution < -0.4 is 0 Å². The first-order valence-electron chi connectivity index (χ1n) is 10.1. The maximum absolute atomic E-state index is 4.40. The zero-order valence-corrected chi connectivity index (χ0v) is 16.8. The van der Waals surface area contributed by atoms with Crippen molar-refractivity contribution in [1.82, 2.24) is 29.3 Å². The van der Waals surface area contributed by atoms with Crippen LogP contribution in [-0.4, -0.2) is 29.3 Å². The molecule has 0 N–H and O–H groups in total. The van der Waals surface area contributed by atoms with E-state index in [1.807, 2.05) is 28.8 Å². The predicted molar refractivity (Wildman–Crippen MR) is 120 cm³/mol. The molecule has 0 amide bonds. The average Bonchev–Trinajstić information content (AvgIpc) is 3.49.